The van der Waals surface area contributed by atoms with Crippen molar-refractivity contribution in [1.82, 2.24) is 10.2 Å². The Bertz CT molecular complexity index is 559. The maximum Gasteiger partial charge on any atom is 0.416 e. The topological polar surface area (TPSA) is 27.6 Å². The van der Waals surface area contributed by atoms with Crippen molar-refractivity contribution in [2.75, 3.05) is 26.7 Å². The zero-order valence-corrected chi connectivity index (χ0v) is 12.6. The quantitative estimate of drug-likeness (QED) is 0.929. The van der Waals surface area contributed by atoms with E-state index in [1.165, 1.54) is 12.1 Å². The van der Waals surface area contributed by atoms with Crippen LogP contribution in [0.25, 0.3) is 0 Å². The largest absolute Gasteiger partial charge is 0.416 e. The number of halogens is 3. The fourth-order valence-corrected chi connectivity index (χ4v) is 2.89. The molecule has 1 fully saturated rings. The number of nitrogens with one attached hydrogen (secondary N) is 1. The summed E-state index contributed by atoms with van der Waals surface area (Å²) in [6, 6.07) is 5.59. The molecule has 3 nitrogen and oxygen atoms in total. The highest BCUT2D eigenvalue weighted by molar-refractivity contribution is 5.80. The summed E-state index contributed by atoms with van der Waals surface area (Å²) in [4.78, 5) is 6.55. The summed E-state index contributed by atoms with van der Waals surface area (Å²) in [6.45, 7) is 2.54. The molecule has 2 aliphatic rings. The summed E-state index contributed by atoms with van der Waals surface area (Å²) in [6.07, 6.45) is -1.20. The van der Waals surface area contributed by atoms with Gasteiger partial charge in [-0.25, -0.2) is 0 Å². The normalized spacial score (nSPS) is 20.5. The molecular weight excluding hydrogens is 291 g/mol. The predicted octanol–water partition coefficient (Wildman–Crippen LogP) is 3.02. The summed E-state index contributed by atoms with van der Waals surface area (Å²) in [5.41, 5.74) is 0.355. The first-order valence-electron chi connectivity index (χ1n) is 7.58. The molecule has 1 aliphatic heterocycles. The molecular formula is C16H20F3N3. The molecule has 6 heteroatoms. The monoisotopic (exact) mass is 311 g/mol. The van der Waals surface area contributed by atoms with Crippen molar-refractivity contribution in [2.24, 2.45) is 4.99 Å². The van der Waals surface area contributed by atoms with Crippen molar-refractivity contribution in [3.8, 4) is 0 Å². The molecule has 0 spiro atoms. The molecule has 22 heavy (non-hydrogen) atoms. The molecule has 1 aromatic carbocycles. The first-order valence-corrected chi connectivity index (χ1v) is 7.58. The van der Waals surface area contributed by atoms with Crippen molar-refractivity contribution >= 4 is 5.96 Å². The summed E-state index contributed by atoms with van der Waals surface area (Å²) < 4.78 is 37.9. The first kappa shape index (κ1) is 15.2. The van der Waals surface area contributed by atoms with E-state index in [0.29, 0.717) is 0 Å². The lowest BCUT2D eigenvalue weighted by molar-refractivity contribution is -0.137. The van der Waals surface area contributed by atoms with E-state index in [9.17, 15) is 13.2 Å². The number of aliphatic imine (C=N–C) groups is 1. The van der Waals surface area contributed by atoms with Crippen LogP contribution in [0.4, 0.5) is 13.2 Å². The Morgan fingerprint density at radius 3 is 2.45 bits per heavy atom. The van der Waals surface area contributed by atoms with Gasteiger partial charge in [0.2, 0.25) is 0 Å². The highest BCUT2D eigenvalue weighted by atomic mass is 19.4. The number of alkyl halides is 3. The van der Waals surface area contributed by atoms with Gasteiger partial charge >= 0.3 is 6.18 Å². The number of guanidine groups is 1. The minimum absolute atomic E-state index is 0.0368. The van der Waals surface area contributed by atoms with Gasteiger partial charge in [0.1, 0.15) is 0 Å². The van der Waals surface area contributed by atoms with Crippen LogP contribution < -0.4 is 5.32 Å². The van der Waals surface area contributed by atoms with Gasteiger partial charge in [0.15, 0.2) is 5.96 Å². The smallest absolute Gasteiger partial charge is 0.355 e. The second kappa shape index (κ2) is 5.48. The van der Waals surface area contributed by atoms with Crippen molar-refractivity contribution in [3.63, 3.8) is 0 Å². The maximum absolute atomic E-state index is 12.6. The minimum Gasteiger partial charge on any atom is -0.355 e. The molecule has 1 aromatic rings. The zero-order chi connectivity index (χ0) is 15.8. The number of hydrogen-bond acceptors (Lipinski definition) is 3. The first-order chi connectivity index (χ1) is 10.4. The average Bonchev–Trinajstić information content (AvgIpc) is 3.27. The van der Waals surface area contributed by atoms with Gasteiger partial charge in [-0.1, -0.05) is 12.1 Å². The van der Waals surface area contributed by atoms with E-state index in [1.54, 1.807) is 12.1 Å². The number of rotatable bonds is 3. The van der Waals surface area contributed by atoms with E-state index in [1.807, 2.05) is 7.05 Å². The summed E-state index contributed by atoms with van der Waals surface area (Å²) in [7, 11) is 2.00. The summed E-state index contributed by atoms with van der Waals surface area (Å²) in [5, 5.41) is 3.37. The lowest BCUT2D eigenvalue weighted by Crippen LogP contribution is -2.44. The SMILES string of the molecule is CN1CCCN=C1NCC1(c2ccc(C(F)(F)F)cc2)CC1. The lowest BCUT2D eigenvalue weighted by atomic mass is 9.95. The van der Waals surface area contributed by atoms with Crippen molar-refractivity contribution in [2.45, 2.75) is 30.9 Å². The predicted molar refractivity (Wildman–Crippen MR) is 79.9 cm³/mol. The third-order valence-corrected chi connectivity index (χ3v) is 4.54. The van der Waals surface area contributed by atoms with Gasteiger partial charge in [-0.05, 0) is 37.0 Å². The standard InChI is InChI=1S/C16H20F3N3/c1-22-10-2-9-20-14(22)21-11-15(7-8-15)12-3-5-13(6-4-12)16(17,18)19/h3-6H,2,7-11H2,1H3,(H,20,21). The molecule has 120 valence electrons. The van der Waals surface area contributed by atoms with E-state index >= 15 is 0 Å². The highest BCUT2D eigenvalue weighted by Gasteiger charge is 2.44. The van der Waals surface area contributed by atoms with Crippen LogP contribution in [0.2, 0.25) is 0 Å². The van der Waals surface area contributed by atoms with Gasteiger partial charge in [-0.2, -0.15) is 13.2 Å². The van der Waals surface area contributed by atoms with Crippen molar-refractivity contribution < 1.29 is 13.2 Å². The number of hydrogen-bond donors (Lipinski definition) is 1. The molecule has 1 saturated carbocycles. The van der Waals surface area contributed by atoms with Crippen LogP contribution in [0.1, 0.15) is 30.4 Å². The second-order valence-corrected chi connectivity index (χ2v) is 6.19. The molecule has 0 aromatic heterocycles. The van der Waals surface area contributed by atoms with Crippen LogP contribution >= 0.6 is 0 Å². The van der Waals surface area contributed by atoms with E-state index in [4.69, 9.17) is 0 Å². The third-order valence-electron chi connectivity index (χ3n) is 4.54. The molecule has 1 N–H and O–H groups in total. The highest BCUT2D eigenvalue weighted by Crippen LogP contribution is 2.48. The van der Waals surface area contributed by atoms with Gasteiger partial charge in [0, 0.05) is 32.1 Å². The molecule has 1 heterocycles. The van der Waals surface area contributed by atoms with Gasteiger partial charge in [-0.3, -0.25) is 4.99 Å². The fraction of sp³-hybridized carbons (Fsp3) is 0.562. The zero-order valence-electron chi connectivity index (χ0n) is 12.6. The van der Waals surface area contributed by atoms with Crippen molar-refractivity contribution in [1.29, 1.82) is 0 Å². The van der Waals surface area contributed by atoms with Gasteiger partial charge in [0.05, 0.1) is 5.56 Å². The van der Waals surface area contributed by atoms with Crippen LogP contribution in [-0.4, -0.2) is 37.5 Å². The molecule has 3 rings (SSSR count). The molecule has 0 saturated heterocycles. The lowest BCUT2D eigenvalue weighted by Gasteiger charge is -2.27. The Morgan fingerprint density at radius 1 is 1.23 bits per heavy atom. The van der Waals surface area contributed by atoms with E-state index in [-0.39, 0.29) is 5.41 Å². The van der Waals surface area contributed by atoms with Gasteiger partial charge in [-0.15, -0.1) is 0 Å². The van der Waals surface area contributed by atoms with Crippen LogP contribution in [0.3, 0.4) is 0 Å². The fourth-order valence-electron chi connectivity index (χ4n) is 2.89. The van der Waals surface area contributed by atoms with E-state index < -0.39 is 11.7 Å². The second-order valence-electron chi connectivity index (χ2n) is 6.19. The Hall–Kier alpha value is -1.72. The third kappa shape index (κ3) is 3.05. The Balaban J connectivity index is 1.67. The Kier molecular flexibility index (Phi) is 3.78. The Morgan fingerprint density at radius 2 is 1.91 bits per heavy atom. The van der Waals surface area contributed by atoms with Crippen LogP contribution in [0.15, 0.2) is 29.3 Å². The molecule has 0 atom stereocenters. The molecule has 0 radical (unpaired) electrons. The average molecular weight is 311 g/mol. The molecule has 1 aliphatic carbocycles. The molecule has 0 bridgehead atoms. The van der Waals surface area contributed by atoms with Crippen molar-refractivity contribution in [3.05, 3.63) is 35.4 Å². The van der Waals surface area contributed by atoms with Crippen LogP contribution in [0.5, 0.6) is 0 Å². The van der Waals surface area contributed by atoms with E-state index in [2.05, 4.69) is 15.2 Å². The Labute approximate surface area is 128 Å². The summed E-state index contributed by atoms with van der Waals surface area (Å²) in [5.74, 6) is 0.893. The molecule has 0 unspecified atom stereocenters. The van der Waals surface area contributed by atoms with Gasteiger partial charge in [0.25, 0.3) is 0 Å². The number of benzene rings is 1. The van der Waals surface area contributed by atoms with E-state index in [0.717, 1.165) is 50.4 Å². The minimum atomic E-state index is -4.27. The van der Waals surface area contributed by atoms with Crippen LogP contribution in [-0.2, 0) is 11.6 Å². The van der Waals surface area contributed by atoms with Gasteiger partial charge < -0.3 is 10.2 Å². The molecule has 0 amide bonds. The number of nitrogens with zero attached hydrogens (tertiary/aromatic N) is 2. The maximum atomic E-state index is 12.6. The summed E-state index contributed by atoms with van der Waals surface area (Å²) >= 11 is 0. The van der Waals surface area contributed by atoms with Crippen LogP contribution in [0, 0.1) is 0 Å².